The predicted molar refractivity (Wildman–Crippen MR) is 131 cm³/mol. The molecule has 0 spiro atoms. The van der Waals surface area contributed by atoms with Gasteiger partial charge in [0, 0.05) is 6.54 Å². The number of imidazole rings is 1. The number of nitrogens with one attached hydrogen (secondary N) is 1. The highest BCUT2D eigenvalue weighted by atomic mass is 32.2. The van der Waals surface area contributed by atoms with E-state index in [0.717, 1.165) is 12.6 Å². The number of anilines is 1. The molecule has 1 unspecified atom stereocenters. The van der Waals surface area contributed by atoms with Crippen LogP contribution < -0.4 is 5.32 Å². The van der Waals surface area contributed by atoms with Crippen molar-refractivity contribution >= 4 is 41.9 Å². The molecule has 0 aromatic carbocycles. The molecule has 8 nitrogen and oxygen atoms in total. The Labute approximate surface area is 188 Å². The first-order chi connectivity index (χ1) is 14.6. The molecule has 0 radical (unpaired) electrons. The van der Waals surface area contributed by atoms with Gasteiger partial charge in [-0.05, 0) is 45.5 Å². The van der Waals surface area contributed by atoms with Crippen LogP contribution >= 0.6 is 18.6 Å². The summed E-state index contributed by atoms with van der Waals surface area (Å²) < 4.78 is 7.79. The Kier molecular flexibility index (Phi) is 7.86. The van der Waals surface area contributed by atoms with E-state index in [1.165, 1.54) is 17.3 Å². The summed E-state index contributed by atoms with van der Waals surface area (Å²) in [5.41, 5.74) is 2.47. The van der Waals surface area contributed by atoms with Crippen molar-refractivity contribution in [1.29, 1.82) is 0 Å². The van der Waals surface area contributed by atoms with Gasteiger partial charge in [0.1, 0.15) is 12.2 Å². The first-order valence-electron chi connectivity index (χ1n) is 10.5. The summed E-state index contributed by atoms with van der Waals surface area (Å²) in [5.74, 6) is 0.640. The maximum Gasteiger partial charge on any atom is 0.191 e. The van der Waals surface area contributed by atoms with Crippen LogP contribution in [0.3, 0.4) is 0 Å². The third-order valence-electron chi connectivity index (χ3n) is 5.49. The highest BCUT2D eigenvalue weighted by molar-refractivity contribution is 7.98. The lowest BCUT2D eigenvalue weighted by molar-refractivity contribution is -0.0353. The molecule has 1 saturated heterocycles. The average molecular weight is 468 g/mol. The van der Waals surface area contributed by atoms with Crippen LogP contribution in [-0.2, 0) is 4.74 Å². The van der Waals surface area contributed by atoms with Crippen molar-refractivity contribution < 1.29 is 14.9 Å². The zero-order valence-electron chi connectivity index (χ0n) is 18.9. The Morgan fingerprint density at radius 1 is 1.35 bits per heavy atom. The number of allylic oxidation sites excluding steroid dienone is 1. The predicted octanol–water partition coefficient (Wildman–Crippen LogP) is 3.03. The van der Waals surface area contributed by atoms with Crippen LogP contribution in [0, 0.1) is 0 Å². The normalized spacial score (nSPS) is 24.8. The SMILES string of the molecule is C=P(C)(C)CC[C@H]1OC(n2cnc3c(NC/C=C(/C)CC)nc(SC)nc32)[C@H](O)[C@@H]1O. The average Bonchev–Trinajstić information content (AvgIpc) is 3.27. The fraction of sp³-hybridized carbons (Fsp3) is 0.619. The molecule has 0 aliphatic carbocycles. The molecule has 0 amide bonds. The molecule has 31 heavy (non-hydrogen) atoms. The summed E-state index contributed by atoms with van der Waals surface area (Å²) in [5, 5.41) is 25.2. The number of hydrogen-bond donors (Lipinski definition) is 3. The molecule has 172 valence electrons. The maximum atomic E-state index is 10.7. The monoisotopic (exact) mass is 467 g/mol. The molecule has 3 heterocycles. The number of aliphatic hydroxyl groups is 2. The number of ether oxygens (including phenoxy) is 1. The molecule has 2 aromatic rings. The number of nitrogens with zero attached hydrogens (tertiary/aromatic N) is 4. The first kappa shape index (κ1) is 24.3. The van der Waals surface area contributed by atoms with Gasteiger partial charge in [0.2, 0.25) is 0 Å². The second-order valence-corrected chi connectivity index (χ2v) is 13.8. The molecule has 10 heteroatoms. The third-order valence-corrected chi connectivity index (χ3v) is 7.51. The summed E-state index contributed by atoms with van der Waals surface area (Å²) >= 11 is 1.43. The Morgan fingerprint density at radius 2 is 2.10 bits per heavy atom. The topological polar surface area (TPSA) is 105 Å². The molecule has 3 N–H and O–H groups in total. The number of thioether (sulfide) groups is 1. The van der Waals surface area contributed by atoms with E-state index in [1.54, 1.807) is 10.9 Å². The molecular formula is C21H34N5O3PS. The van der Waals surface area contributed by atoms with Crippen molar-refractivity contribution in [2.24, 2.45) is 0 Å². The minimum atomic E-state index is -1.25. The van der Waals surface area contributed by atoms with E-state index in [1.807, 2.05) is 6.26 Å². The Bertz CT molecular complexity index is 989. The molecule has 4 atom stereocenters. The summed E-state index contributed by atoms with van der Waals surface area (Å²) in [4.78, 5) is 13.7. The highest BCUT2D eigenvalue weighted by Gasteiger charge is 2.44. The molecule has 1 aliphatic rings. The quantitative estimate of drug-likeness (QED) is 0.224. The van der Waals surface area contributed by atoms with E-state index in [4.69, 9.17) is 4.74 Å². The fourth-order valence-corrected chi connectivity index (χ4v) is 4.75. The maximum absolute atomic E-state index is 10.7. The van der Waals surface area contributed by atoms with Gasteiger partial charge in [0.15, 0.2) is 28.4 Å². The van der Waals surface area contributed by atoms with Gasteiger partial charge in [-0.2, -0.15) is 0 Å². The Balaban J connectivity index is 1.89. The molecule has 0 saturated carbocycles. The Morgan fingerprint density at radius 3 is 2.74 bits per heavy atom. The van der Waals surface area contributed by atoms with Crippen molar-refractivity contribution in [3.8, 4) is 0 Å². The standard InChI is InChI=1S/C21H34N5O3PS/c1-7-13(2)8-10-22-18-15-19(25-21(24-18)31-6)26(12-23-15)20-17(28)16(27)14(29-20)9-11-30(3,4)5/h8,12,14,16-17,20,27-28H,3,7,9-11H2,1-2,4-6H3,(H,22,24,25)/b13-8-/t14-,16-,17-,20?/m1/s1. The van der Waals surface area contributed by atoms with Crippen molar-refractivity contribution in [2.75, 3.05) is 37.6 Å². The summed E-state index contributed by atoms with van der Waals surface area (Å²) in [7, 11) is 0. The van der Waals surface area contributed by atoms with Crippen LogP contribution in [-0.4, -0.2) is 86.6 Å². The van der Waals surface area contributed by atoms with E-state index >= 15 is 0 Å². The lowest BCUT2D eigenvalue weighted by Crippen LogP contribution is -2.31. The number of fused-ring (bicyclic) bond motifs is 1. The van der Waals surface area contributed by atoms with Gasteiger partial charge in [-0.25, -0.2) is 15.0 Å². The summed E-state index contributed by atoms with van der Waals surface area (Å²) in [6, 6.07) is 0. The van der Waals surface area contributed by atoms with Crippen molar-refractivity contribution in [1.82, 2.24) is 19.5 Å². The molecule has 3 rings (SSSR count). The molecule has 1 aliphatic heterocycles. The fourth-order valence-electron chi connectivity index (χ4n) is 3.44. The van der Waals surface area contributed by atoms with Gasteiger partial charge in [-0.3, -0.25) is 4.57 Å². The van der Waals surface area contributed by atoms with Gasteiger partial charge in [-0.15, -0.1) is 13.2 Å². The number of rotatable bonds is 9. The van der Waals surface area contributed by atoms with E-state index in [-0.39, 0.29) is 0 Å². The van der Waals surface area contributed by atoms with E-state index in [0.29, 0.717) is 35.1 Å². The van der Waals surface area contributed by atoms with Crippen LogP contribution in [0.5, 0.6) is 0 Å². The van der Waals surface area contributed by atoms with Crippen molar-refractivity contribution in [3.63, 3.8) is 0 Å². The lowest BCUT2D eigenvalue weighted by Gasteiger charge is -2.18. The largest absolute Gasteiger partial charge is 0.388 e. The van der Waals surface area contributed by atoms with Gasteiger partial charge >= 0.3 is 0 Å². The second-order valence-electron chi connectivity index (χ2n) is 8.66. The minimum Gasteiger partial charge on any atom is -0.388 e. The number of aliphatic hydroxyl groups excluding tert-OH is 2. The molecule has 1 fully saturated rings. The third kappa shape index (κ3) is 5.71. The van der Waals surface area contributed by atoms with Crippen molar-refractivity contribution in [3.05, 3.63) is 18.0 Å². The number of hydrogen-bond acceptors (Lipinski definition) is 8. The highest BCUT2D eigenvalue weighted by Crippen LogP contribution is 2.40. The smallest absolute Gasteiger partial charge is 0.191 e. The van der Waals surface area contributed by atoms with Crippen molar-refractivity contribution in [2.45, 2.75) is 56.4 Å². The molecule has 0 bridgehead atoms. The van der Waals surface area contributed by atoms with Crippen LogP contribution in [0.2, 0.25) is 0 Å². The first-order valence-corrected chi connectivity index (χ1v) is 14.8. The molecule has 2 aromatic heterocycles. The Hall–Kier alpha value is -1.38. The van der Waals surface area contributed by atoms with Gasteiger partial charge < -0.3 is 20.3 Å². The van der Waals surface area contributed by atoms with Crippen LogP contribution in [0.1, 0.15) is 32.9 Å². The second kappa shape index (κ2) is 10.0. The van der Waals surface area contributed by atoms with E-state index in [2.05, 4.69) is 59.8 Å². The van der Waals surface area contributed by atoms with Crippen LogP contribution in [0.4, 0.5) is 5.82 Å². The van der Waals surface area contributed by atoms with Gasteiger partial charge in [0.25, 0.3) is 0 Å². The van der Waals surface area contributed by atoms with E-state index < -0.39 is 31.4 Å². The summed E-state index contributed by atoms with van der Waals surface area (Å²) in [6.45, 7) is 7.91. The van der Waals surface area contributed by atoms with E-state index in [9.17, 15) is 10.2 Å². The van der Waals surface area contributed by atoms with Gasteiger partial charge in [-0.1, -0.05) is 30.3 Å². The van der Waals surface area contributed by atoms with Crippen LogP contribution in [0.15, 0.2) is 23.1 Å². The van der Waals surface area contributed by atoms with Gasteiger partial charge in [0.05, 0.1) is 12.4 Å². The molecular weight excluding hydrogens is 433 g/mol. The lowest BCUT2D eigenvalue weighted by atomic mass is 10.1. The zero-order chi connectivity index (χ0) is 22.8. The minimum absolute atomic E-state index is 0.444. The van der Waals surface area contributed by atoms with Crippen LogP contribution in [0.25, 0.3) is 11.2 Å². The summed E-state index contributed by atoms with van der Waals surface area (Å²) in [6.07, 6.45) is 9.18. The zero-order valence-corrected chi connectivity index (χ0v) is 20.7. The number of aromatic nitrogens is 4.